The number of carbonyl (C=O) groups excluding carboxylic acids is 4. The summed E-state index contributed by atoms with van der Waals surface area (Å²) >= 11 is 0. The Morgan fingerprint density at radius 1 is 0.789 bits per heavy atom. The number of nitrogens with one attached hydrogen (secondary N) is 2. The monoisotopic (exact) mass is 560 g/mol. The van der Waals surface area contributed by atoms with Gasteiger partial charge in [-0.2, -0.15) is 0 Å². The average Bonchev–Trinajstić information content (AvgIpc) is 2.71. The molecular formula is C29H64N4O4Si. The summed E-state index contributed by atoms with van der Waals surface area (Å²) in [4.78, 5) is 45.4. The summed E-state index contributed by atoms with van der Waals surface area (Å²) in [6.45, 7) is 23.2. The van der Waals surface area contributed by atoms with E-state index in [0.29, 0.717) is 12.3 Å². The minimum atomic E-state index is -1.17. The van der Waals surface area contributed by atoms with E-state index in [4.69, 9.17) is 0 Å². The summed E-state index contributed by atoms with van der Waals surface area (Å²) in [6.07, 6.45) is 3.50. The number of allylic oxidation sites excluding steroid dienone is 1. The van der Waals surface area contributed by atoms with Crippen molar-refractivity contribution >= 4 is 31.6 Å². The van der Waals surface area contributed by atoms with Crippen molar-refractivity contribution in [2.45, 2.75) is 93.9 Å². The lowest BCUT2D eigenvalue weighted by Crippen LogP contribution is -2.31. The van der Waals surface area contributed by atoms with Gasteiger partial charge in [-0.1, -0.05) is 52.9 Å². The Morgan fingerprint density at radius 3 is 1.32 bits per heavy atom. The van der Waals surface area contributed by atoms with Crippen LogP contribution in [-0.4, -0.2) is 90.2 Å². The zero-order valence-corrected chi connectivity index (χ0v) is 29.1. The van der Waals surface area contributed by atoms with E-state index in [1.54, 1.807) is 25.1 Å². The highest BCUT2D eigenvalue weighted by atomic mass is 28.3. The number of carbonyl (C=O) groups is 4. The maximum Gasteiger partial charge on any atom is 0.243 e. The highest BCUT2D eigenvalue weighted by molar-refractivity contribution is 6.78. The molecule has 0 aromatic rings. The molecule has 0 fully saturated rings. The van der Waals surface area contributed by atoms with Gasteiger partial charge in [-0.15, -0.1) is 0 Å². The van der Waals surface area contributed by atoms with Crippen LogP contribution < -0.4 is 10.6 Å². The summed E-state index contributed by atoms with van der Waals surface area (Å²) in [6, 6.07) is 0.764. The van der Waals surface area contributed by atoms with E-state index in [2.05, 4.69) is 63.1 Å². The zero-order valence-electron chi connectivity index (χ0n) is 28.1. The van der Waals surface area contributed by atoms with Gasteiger partial charge >= 0.3 is 0 Å². The van der Waals surface area contributed by atoms with Gasteiger partial charge in [0.1, 0.15) is 5.78 Å². The summed E-state index contributed by atoms with van der Waals surface area (Å²) in [5.74, 6) is 1.83. The summed E-state index contributed by atoms with van der Waals surface area (Å²) in [5.41, 5.74) is 1.02. The maximum atomic E-state index is 11.1. The van der Waals surface area contributed by atoms with Gasteiger partial charge in [-0.05, 0) is 66.6 Å². The third kappa shape index (κ3) is 64.3. The third-order valence-corrected chi connectivity index (χ3v) is 5.24. The predicted octanol–water partition coefficient (Wildman–Crippen LogP) is 5.08. The van der Waals surface area contributed by atoms with Crippen molar-refractivity contribution in [2.24, 2.45) is 11.8 Å². The fourth-order valence-electron chi connectivity index (χ4n) is 1.94. The van der Waals surface area contributed by atoms with Crippen molar-refractivity contribution in [3.63, 3.8) is 0 Å². The van der Waals surface area contributed by atoms with E-state index in [0.717, 1.165) is 17.5 Å². The highest BCUT2D eigenvalue weighted by Crippen LogP contribution is 2.08. The zero-order chi connectivity index (χ0) is 31.6. The minimum absolute atomic E-state index is 0.0370. The van der Waals surface area contributed by atoms with Gasteiger partial charge in [0.2, 0.25) is 17.7 Å². The number of nitrogens with zero attached hydrogens (tertiary/aromatic N) is 2. The molecule has 9 heteroatoms. The van der Waals surface area contributed by atoms with Crippen LogP contribution in [0.1, 0.15) is 68.2 Å². The van der Waals surface area contributed by atoms with Crippen molar-refractivity contribution in [1.82, 2.24) is 20.4 Å². The molecule has 38 heavy (non-hydrogen) atoms. The molecule has 0 aliphatic heterocycles. The molecule has 228 valence electrons. The van der Waals surface area contributed by atoms with E-state index in [1.165, 1.54) is 26.8 Å². The lowest BCUT2D eigenvalue weighted by Gasteiger charge is -2.18. The molecule has 0 unspecified atom stereocenters. The second-order valence-corrected chi connectivity index (χ2v) is 17.5. The van der Waals surface area contributed by atoms with Crippen molar-refractivity contribution in [3.05, 3.63) is 11.6 Å². The second-order valence-electron chi connectivity index (χ2n) is 12.0. The molecule has 0 radical (unpaired) electrons. The Balaban J connectivity index is -0.000000122. The largest absolute Gasteiger partial charge is 0.359 e. The number of Topliss-reactive ketones (excluding diaryl/α,β-unsaturated/α-hetero) is 1. The van der Waals surface area contributed by atoms with Gasteiger partial charge in [-0.25, -0.2) is 0 Å². The smallest absolute Gasteiger partial charge is 0.243 e. The highest BCUT2D eigenvalue weighted by Gasteiger charge is 2.18. The predicted molar refractivity (Wildman–Crippen MR) is 168 cm³/mol. The topological polar surface area (TPSA) is 98.8 Å². The Kier molecular flexibility index (Phi) is 33.8. The number of amides is 3. The van der Waals surface area contributed by atoms with Crippen LogP contribution in [0.25, 0.3) is 0 Å². The van der Waals surface area contributed by atoms with Gasteiger partial charge in [0.05, 0.1) is 8.07 Å². The molecule has 0 aromatic carbocycles. The molecule has 0 aliphatic rings. The fraction of sp³-hybridized carbons (Fsp3) is 0.793. The lowest BCUT2D eigenvalue weighted by atomic mass is 10.1. The van der Waals surface area contributed by atoms with Gasteiger partial charge in [-0.3, -0.25) is 14.4 Å². The third-order valence-electron chi connectivity index (χ3n) is 3.87. The first-order chi connectivity index (χ1) is 17.0. The lowest BCUT2D eigenvalue weighted by molar-refractivity contribution is -0.126. The number of ketones is 1. The van der Waals surface area contributed by atoms with Gasteiger partial charge < -0.3 is 25.2 Å². The van der Waals surface area contributed by atoms with E-state index >= 15 is 0 Å². The summed E-state index contributed by atoms with van der Waals surface area (Å²) in [5, 5.41) is 5.04. The Bertz CT molecular complexity index is 637. The molecule has 8 nitrogen and oxygen atoms in total. The van der Waals surface area contributed by atoms with Crippen LogP contribution in [0.5, 0.6) is 0 Å². The first-order valence-electron chi connectivity index (χ1n) is 13.4. The van der Waals surface area contributed by atoms with Crippen molar-refractivity contribution in [2.75, 3.05) is 48.8 Å². The maximum absolute atomic E-state index is 11.1. The van der Waals surface area contributed by atoms with Crippen LogP contribution in [-0.2, 0) is 19.2 Å². The summed E-state index contributed by atoms with van der Waals surface area (Å²) in [7, 11) is 9.94. The Morgan fingerprint density at radius 2 is 1.21 bits per heavy atom. The van der Waals surface area contributed by atoms with Crippen molar-refractivity contribution < 1.29 is 19.2 Å². The van der Waals surface area contributed by atoms with E-state index in [1.807, 2.05) is 41.8 Å². The fourth-order valence-corrected chi connectivity index (χ4v) is 3.16. The molecule has 0 saturated heterocycles. The molecule has 0 saturated carbocycles. The normalized spacial score (nSPS) is 9.68. The van der Waals surface area contributed by atoms with Crippen LogP contribution in [0.2, 0.25) is 25.7 Å². The molecule has 0 rings (SSSR count). The van der Waals surface area contributed by atoms with Crippen LogP contribution in [0.15, 0.2) is 11.6 Å². The van der Waals surface area contributed by atoms with Crippen molar-refractivity contribution in [3.8, 4) is 0 Å². The summed E-state index contributed by atoms with van der Waals surface area (Å²) < 4.78 is 0. The van der Waals surface area contributed by atoms with Gasteiger partial charge in [0.15, 0.2) is 0 Å². The van der Waals surface area contributed by atoms with E-state index < -0.39 is 8.07 Å². The van der Waals surface area contributed by atoms with Crippen molar-refractivity contribution in [1.29, 1.82) is 0 Å². The van der Waals surface area contributed by atoms with Crippen LogP contribution in [0, 0.1) is 11.8 Å². The first kappa shape index (κ1) is 45.9. The van der Waals surface area contributed by atoms with Gasteiger partial charge in [0.25, 0.3) is 0 Å². The number of hydrogen-bond acceptors (Lipinski definition) is 5. The van der Waals surface area contributed by atoms with Crippen LogP contribution in [0.4, 0.5) is 0 Å². The SMILES string of the molecule is CC(C)=O.CC(C)CCN(C)C.CN(C)C(=O)C[Si](C)(C)C.CNC(=O)C=C(C)C.CNC(=O)CC(C)C. The Hall–Kier alpha value is -2.00. The first-order valence-corrected chi connectivity index (χ1v) is 17.1. The molecule has 0 atom stereocenters. The van der Waals surface area contributed by atoms with E-state index in [9.17, 15) is 19.2 Å². The average molecular weight is 561 g/mol. The Labute approximate surface area is 237 Å². The molecule has 2 N–H and O–H groups in total. The van der Waals surface area contributed by atoms with E-state index in [-0.39, 0.29) is 23.5 Å². The standard InChI is InChI=1S/C7H17NOSi.C7H17N.C6H13NO.C6H11NO.C3H6O/c1-8(2)7(9)6-10(3,4)5;1-7(2)5-6-8(3)4;2*1-5(2)4-6(8)7-3;1-3(2)4/h6H2,1-5H3;7H,5-6H2,1-4H3;5H,4H2,1-3H3,(H,7,8);4H,1-3H3,(H,7,8);1-2H3. The number of hydrogen-bond donors (Lipinski definition) is 2. The molecule has 0 aromatic heterocycles. The minimum Gasteiger partial charge on any atom is -0.359 e. The van der Waals surface area contributed by atoms with Crippen LogP contribution >= 0.6 is 0 Å². The molecule has 3 amide bonds. The molecular weight excluding hydrogens is 496 g/mol. The number of rotatable bonds is 8. The quantitative estimate of drug-likeness (QED) is 0.319. The molecule has 0 bridgehead atoms. The molecule has 0 spiro atoms. The van der Waals surface area contributed by atoms with Crippen LogP contribution in [0.3, 0.4) is 0 Å². The van der Waals surface area contributed by atoms with Gasteiger partial charge in [0, 0.05) is 46.7 Å². The number of likely N-dealkylation sites (N-methyl/N-ethyl adjacent to an activating group) is 1. The second kappa shape index (κ2) is 28.0. The molecule has 0 aliphatic carbocycles. The molecule has 0 heterocycles.